The summed E-state index contributed by atoms with van der Waals surface area (Å²) in [4.78, 5) is 11.4. The van der Waals surface area contributed by atoms with Crippen molar-refractivity contribution < 1.29 is 19.7 Å². The third kappa shape index (κ3) is 6.40. The molecule has 0 aliphatic heterocycles. The van der Waals surface area contributed by atoms with E-state index in [9.17, 15) is 4.79 Å². The fourth-order valence-corrected chi connectivity index (χ4v) is 1.04. The molecular formula is C9H20N2O4. The Morgan fingerprint density at radius 3 is 2.53 bits per heavy atom. The smallest absolute Gasteiger partial charge is 0.237 e. The highest BCUT2D eigenvalue weighted by Crippen LogP contribution is 1.95. The Hall–Kier alpha value is -0.690. The molecule has 0 spiro atoms. The van der Waals surface area contributed by atoms with Crippen molar-refractivity contribution >= 4 is 5.91 Å². The molecule has 6 nitrogen and oxygen atoms in total. The van der Waals surface area contributed by atoms with Gasteiger partial charge in [0.05, 0.1) is 25.3 Å². The minimum Gasteiger partial charge on any atom is -0.394 e. The molecular weight excluding hydrogens is 200 g/mol. The lowest BCUT2D eigenvalue weighted by atomic mass is 10.1. The third-order valence-electron chi connectivity index (χ3n) is 1.99. The van der Waals surface area contributed by atoms with Crippen LogP contribution >= 0.6 is 0 Å². The summed E-state index contributed by atoms with van der Waals surface area (Å²) in [6, 6.07) is -1.26. The number of methoxy groups -OCH3 is 1. The topological polar surface area (TPSA) is 105 Å². The number of hydrogen-bond donors (Lipinski definition) is 4. The molecule has 0 bridgehead atoms. The molecule has 0 heterocycles. The lowest BCUT2D eigenvalue weighted by Crippen LogP contribution is -2.48. The van der Waals surface area contributed by atoms with Gasteiger partial charge >= 0.3 is 0 Å². The van der Waals surface area contributed by atoms with Crippen LogP contribution in [0.3, 0.4) is 0 Å². The molecule has 0 fully saturated rings. The molecule has 0 aromatic carbocycles. The fraction of sp³-hybridized carbons (Fsp3) is 0.889. The second-order valence-electron chi connectivity index (χ2n) is 3.31. The Kier molecular flexibility index (Phi) is 8.21. The molecule has 0 aromatic heterocycles. The van der Waals surface area contributed by atoms with E-state index in [0.717, 1.165) is 0 Å². The van der Waals surface area contributed by atoms with E-state index >= 15 is 0 Å². The third-order valence-corrected chi connectivity index (χ3v) is 1.99. The quantitative estimate of drug-likeness (QED) is 0.362. The van der Waals surface area contributed by atoms with Gasteiger partial charge in [0.25, 0.3) is 0 Å². The monoisotopic (exact) mass is 220 g/mol. The first-order valence-corrected chi connectivity index (χ1v) is 4.92. The van der Waals surface area contributed by atoms with Crippen molar-refractivity contribution in [2.24, 2.45) is 5.73 Å². The van der Waals surface area contributed by atoms with Gasteiger partial charge in [-0.1, -0.05) is 0 Å². The number of carbonyl (C=O) groups is 1. The summed E-state index contributed by atoms with van der Waals surface area (Å²) in [6.45, 7) is -0.0372. The minimum atomic E-state index is -0.633. The molecule has 0 radical (unpaired) electrons. The molecule has 0 aliphatic carbocycles. The first-order chi connectivity index (χ1) is 7.15. The molecule has 0 saturated heterocycles. The number of carbonyl (C=O) groups excluding carboxylic acids is 1. The van der Waals surface area contributed by atoms with E-state index in [4.69, 9.17) is 20.7 Å². The second kappa shape index (κ2) is 8.60. The predicted octanol–water partition coefficient (Wildman–Crippen LogP) is -1.79. The van der Waals surface area contributed by atoms with Crippen LogP contribution in [-0.4, -0.2) is 55.1 Å². The highest BCUT2D eigenvalue weighted by atomic mass is 16.5. The summed E-state index contributed by atoms with van der Waals surface area (Å²) in [6.07, 6.45) is 1.22. The molecule has 6 heteroatoms. The first kappa shape index (κ1) is 14.3. The number of aliphatic hydroxyl groups is 2. The molecule has 1 unspecified atom stereocenters. The van der Waals surface area contributed by atoms with Crippen molar-refractivity contribution in [3.05, 3.63) is 0 Å². The highest BCUT2D eigenvalue weighted by molar-refractivity contribution is 5.81. The summed E-state index contributed by atoms with van der Waals surface area (Å²) in [7, 11) is 1.58. The van der Waals surface area contributed by atoms with Crippen LogP contribution in [0.4, 0.5) is 0 Å². The first-order valence-electron chi connectivity index (χ1n) is 4.92. The van der Waals surface area contributed by atoms with E-state index in [1.807, 2.05) is 0 Å². The fourth-order valence-electron chi connectivity index (χ4n) is 1.04. The highest BCUT2D eigenvalue weighted by Gasteiger charge is 2.16. The van der Waals surface area contributed by atoms with Crippen LogP contribution in [-0.2, 0) is 9.53 Å². The van der Waals surface area contributed by atoms with Crippen LogP contribution in [0.2, 0.25) is 0 Å². The van der Waals surface area contributed by atoms with Crippen LogP contribution < -0.4 is 11.1 Å². The molecule has 1 amide bonds. The molecule has 0 saturated carbocycles. The molecule has 5 N–H and O–H groups in total. The number of nitrogens with one attached hydrogen (secondary N) is 1. The largest absolute Gasteiger partial charge is 0.394 e. The average Bonchev–Trinajstić information content (AvgIpc) is 2.25. The number of hydrogen-bond acceptors (Lipinski definition) is 5. The van der Waals surface area contributed by atoms with Crippen molar-refractivity contribution in [2.75, 3.05) is 26.9 Å². The maximum absolute atomic E-state index is 11.4. The van der Waals surface area contributed by atoms with Gasteiger partial charge in [0.15, 0.2) is 0 Å². The van der Waals surface area contributed by atoms with Gasteiger partial charge in [0, 0.05) is 13.7 Å². The van der Waals surface area contributed by atoms with Crippen molar-refractivity contribution in [3.63, 3.8) is 0 Å². The van der Waals surface area contributed by atoms with Crippen LogP contribution in [0.25, 0.3) is 0 Å². The second-order valence-corrected chi connectivity index (χ2v) is 3.31. The van der Waals surface area contributed by atoms with Crippen molar-refractivity contribution in [3.8, 4) is 0 Å². The number of rotatable bonds is 8. The van der Waals surface area contributed by atoms with E-state index < -0.39 is 12.1 Å². The Morgan fingerprint density at radius 1 is 1.47 bits per heavy atom. The van der Waals surface area contributed by atoms with E-state index in [0.29, 0.717) is 19.4 Å². The molecule has 0 aliphatic rings. The number of amides is 1. The maximum atomic E-state index is 11.4. The van der Waals surface area contributed by atoms with Crippen LogP contribution in [0, 0.1) is 0 Å². The van der Waals surface area contributed by atoms with E-state index in [1.54, 1.807) is 7.11 Å². The zero-order valence-corrected chi connectivity index (χ0v) is 8.98. The molecule has 0 rings (SSSR count). The number of ether oxygens (including phenoxy) is 1. The summed E-state index contributed by atoms with van der Waals surface area (Å²) in [5.74, 6) is -0.362. The zero-order chi connectivity index (χ0) is 11.7. The van der Waals surface area contributed by atoms with Crippen LogP contribution in [0.1, 0.15) is 12.8 Å². The standard InChI is InChI=1S/C9H20N2O4/c1-15-4-2-3-8(10)9(14)11-7(5-12)6-13/h7-8,12-13H,2-6,10H2,1H3,(H,11,14). The van der Waals surface area contributed by atoms with Crippen molar-refractivity contribution in [1.29, 1.82) is 0 Å². The van der Waals surface area contributed by atoms with Crippen LogP contribution in [0.15, 0.2) is 0 Å². The Balaban J connectivity index is 3.77. The van der Waals surface area contributed by atoms with Gasteiger partial charge in [-0.2, -0.15) is 0 Å². The van der Waals surface area contributed by atoms with Crippen molar-refractivity contribution in [1.82, 2.24) is 5.32 Å². The predicted molar refractivity (Wildman–Crippen MR) is 55.2 cm³/mol. The summed E-state index contributed by atoms with van der Waals surface area (Å²) in [5, 5.41) is 19.9. The van der Waals surface area contributed by atoms with Gasteiger partial charge < -0.3 is 26.0 Å². The Bertz CT molecular complexity index is 173. The van der Waals surface area contributed by atoms with E-state index in [2.05, 4.69) is 5.32 Å². The Labute approximate surface area is 89.4 Å². The lowest BCUT2D eigenvalue weighted by molar-refractivity contribution is -0.123. The zero-order valence-electron chi connectivity index (χ0n) is 8.98. The summed E-state index contributed by atoms with van der Waals surface area (Å²) < 4.78 is 4.83. The average molecular weight is 220 g/mol. The lowest BCUT2D eigenvalue weighted by Gasteiger charge is -2.17. The molecule has 1 atom stereocenters. The van der Waals surface area contributed by atoms with Crippen molar-refractivity contribution in [2.45, 2.75) is 24.9 Å². The van der Waals surface area contributed by atoms with Gasteiger partial charge in [-0.3, -0.25) is 4.79 Å². The van der Waals surface area contributed by atoms with Gasteiger partial charge in [-0.15, -0.1) is 0 Å². The van der Waals surface area contributed by atoms with Gasteiger partial charge in [-0.25, -0.2) is 0 Å². The van der Waals surface area contributed by atoms with E-state index in [1.165, 1.54) is 0 Å². The molecule has 0 aromatic rings. The Morgan fingerprint density at radius 2 is 2.07 bits per heavy atom. The normalized spacial score (nSPS) is 12.9. The maximum Gasteiger partial charge on any atom is 0.237 e. The van der Waals surface area contributed by atoms with Crippen LogP contribution in [0.5, 0.6) is 0 Å². The molecule has 15 heavy (non-hydrogen) atoms. The van der Waals surface area contributed by atoms with Gasteiger partial charge in [0.1, 0.15) is 0 Å². The SMILES string of the molecule is COCCCC(N)C(=O)NC(CO)CO. The molecule has 90 valence electrons. The van der Waals surface area contributed by atoms with Gasteiger partial charge in [0.2, 0.25) is 5.91 Å². The number of aliphatic hydroxyl groups excluding tert-OH is 2. The summed E-state index contributed by atoms with van der Waals surface area (Å²) in [5.41, 5.74) is 5.58. The minimum absolute atomic E-state index is 0.299. The summed E-state index contributed by atoms with van der Waals surface area (Å²) >= 11 is 0. The van der Waals surface area contributed by atoms with Gasteiger partial charge in [-0.05, 0) is 12.8 Å². The van der Waals surface area contributed by atoms with E-state index in [-0.39, 0.29) is 19.1 Å². The number of nitrogens with two attached hydrogens (primary N) is 1.